The molecular weight excluding hydrogens is 260 g/mol. The molecule has 0 saturated heterocycles. The first kappa shape index (κ1) is 15.5. The number of hydrogen-bond donors (Lipinski definition) is 2. The number of hydrogen-bond acceptors (Lipinski definition) is 3. The van der Waals surface area contributed by atoms with Crippen molar-refractivity contribution in [3.63, 3.8) is 0 Å². The van der Waals surface area contributed by atoms with E-state index in [2.05, 4.69) is 43.5 Å². The van der Waals surface area contributed by atoms with Crippen LogP contribution in [0.2, 0.25) is 0 Å². The SMILES string of the molecule is Cc1cccc(C(NN)c2cccc(OC(C)C)c2)c1C. The fourth-order valence-corrected chi connectivity index (χ4v) is 2.49. The number of rotatable bonds is 5. The third kappa shape index (κ3) is 3.63. The lowest BCUT2D eigenvalue weighted by molar-refractivity contribution is 0.242. The Kier molecular flexibility index (Phi) is 4.99. The molecule has 3 heteroatoms. The molecule has 0 fully saturated rings. The van der Waals surface area contributed by atoms with E-state index in [-0.39, 0.29) is 12.1 Å². The van der Waals surface area contributed by atoms with E-state index in [0.717, 1.165) is 11.3 Å². The first-order valence-corrected chi connectivity index (χ1v) is 7.31. The van der Waals surface area contributed by atoms with Crippen molar-refractivity contribution in [2.75, 3.05) is 0 Å². The highest BCUT2D eigenvalue weighted by atomic mass is 16.5. The van der Waals surface area contributed by atoms with E-state index in [1.807, 2.05) is 32.0 Å². The molecule has 2 aromatic rings. The van der Waals surface area contributed by atoms with Gasteiger partial charge in [0.15, 0.2) is 0 Å². The van der Waals surface area contributed by atoms with Gasteiger partial charge in [-0.15, -0.1) is 0 Å². The molecule has 2 aromatic carbocycles. The van der Waals surface area contributed by atoms with Crippen molar-refractivity contribution >= 4 is 0 Å². The van der Waals surface area contributed by atoms with E-state index in [4.69, 9.17) is 10.6 Å². The molecule has 0 bridgehead atoms. The third-order valence-electron chi connectivity index (χ3n) is 3.69. The van der Waals surface area contributed by atoms with Crippen LogP contribution in [-0.4, -0.2) is 6.10 Å². The molecule has 0 saturated carbocycles. The summed E-state index contributed by atoms with van der Waals surface area (Å²) < 4.78 is 5.77. The van der Waals surface area contributed by atoms with Gasteiger partial charge in [-0.05, 0) is 62.1 Å². The molecule has 1 atom stereocenters. The summed E-state index contributed by atoms with van der Waals surface area (Å²) in [6.07, 6.45) is 0.158. The molecule has 0 heterocycles. The molecule has 112 valence electrons. The average Bonchev–Trinajstić information content (AvgIpc) is 2.44. The van der Waals surface area contributed by atoms with Gasteiger partial charge in [-0.3, -0.25) is 5.84 Å². The molecule has 0 spiro atoms. The Morgan fingerprint density at radius 2 is 1.76 bits per heavy atom. The second-order valence-electron chi connectivity index (χ2n) is 5.63. The van der Waals surface area contributed by atoms with Crippen LogP contribution in [0.3, 0.4) is 0 Å². The Bertz CT molecular complexity index is 608. The van der Waals surface area contributed by atoms with Crippen LogP contribution in [0.25, 0.3) is 0 Å². The lowest BCUT2D eigenvalue weighted by atomic mass is 9.93. The lowest BCUT2D eigenvalue weighted by Gasteiger charge is -2.21. The predicted octanol–water partition coefficient (Wildman–Crippen LogP) is 3.64. The van der Waals surface area contributed by atoms with Gasteiger partial charge >= 0.3 is 0 Å². The maximum atomic E-state index is 5.82. The largest absolute Gasteiger partial charge is 0.491 e. The van der Waals surface area contributed by atoms with Gasteiger partial charge in [0.05, 0.1) is 12.1 Å². The number of ether oxygens (including phenoxy) is 1. The molecule has 0 amide bonds. The van der Waals surface area contributed by atoms with Crippen molar-refractivity contribution < 1.29 is 4.74 Å². The van der Waals surface area contributed by atoms with Crippen molar-refractivity contribution in [1.29, 1.82) is 0 Å². The smallest absolute Gasteiger partial charge is 0.120 e. The zero-order chi connectivity index (χ0) is 15.4. The second-order valence-corrected chi connectivity index (χ2v) is 5.63. The average molecular weight is 284 g/mol. The summed E-state index contributed by atoms with van der Waals surface area (Å²) in [5.74, 6) is 6.68. The minimum atomic E-state index is -0.0411. The van der Waals surface area contributed by atoms with Gasteiger partial charge in [-0.2, -0.15) is 0 Å². The quantitative estimate of drug-likeness (QED) is 0.651. The fraction of sp³-hybridized carbons (Fsp3) is 0.333. The molecule has 2 rings (SSSR count). The van der Waals surface area contributed by atoms with E-state index in [1.54, 1.807) is 0 Å². The normalized spacial score (nSPS) is 12.5. The van der Waals surface area contributed by atoms with Gasteiger partial charge < -0.3 is 4.74 Å². The van der Waals surface area contributed by atoms with Crippen molar-refractivity contribution in [2.24, 2.45) is 5.84 Å². The van der Waals surface area contributed by atoms with Crippen molar-refractivity contribution in [3.05, 3.63) is 64.7 Å². The standard InChI is InChI=1S/C18H24N2O/c1-12(2)21-16-9-6-8-15(11-16)18(20-19)17-10-5-7-13(3)14(17)4/h5-12,18,20H,19H2,1-4H3. The van der Waals surface area contributed by atoms with E-state index in [1.165, 1.54) is 16.7 Å². The van der Waals surface area contributed by atoms with Crippen LogP contribution in [0.4, 0.5) is 0 Å². The Morgan fingerprint density at radius 1 is 1.05 bits per heavy atom. The highest BCUT2D eigenvalue weighted by Crippen LogP contribution is 2.28. The van der Waals surface area contributed by atoms with Crippen molar-refractivity contribution in [1.82, 2.24) is 5.43 Å². The van der Waals surface area contributed by atoms with Gasteiger partial charge in [0.25, 0.3) is 0 Å². The lowest BCUT2D eigenvalue weighted by Crippen LogP contribution is -2.29. The minimum Gasteiger partial charge on any atom is -0.491 e. The van der Waals surface area contributed by atoms with E-state index in [0.29, 0.717) is 0 Å². The molecule has 1 unspecified atom stereocenters. The van der Waals surface area contributed by atoms with Crippen LogP contribution in [0.15, 0.2) is 42.5 Å². The van der Waals surface area contributed by atoms with Crippen LogP contribution in [0, 0.1) is 13.8 Å². The van der Waals surface area contributed by atoms with Gasteiger partial charge in [0, 0.05) is 0 Å². The molecule has 0 aliphatic rings. The van der Waals surface area contributed by atoms with Crippen LogP contribution < -0.4 is 16.0 Å². The molecule has 3 N–H and O–H groups in total. The molecule has 21 heavy (non-hydrogen) atoms. The highest BCUT2D eigenvalue weighted by molar-refractivity contribution is 5.42. The first-order chi connectivity index (χ1) is 10.0. The molecule has 0 radical (unpaired) electrons. The van der Waals surface area contributed by atoms with Crippen molar-refractivity contribution in [3.8, 4) is 5.75 Å². The summed E-state index contributed by atoms with van der Waals surface area (Å²) in [4.78, 5) is 0. The predicted molar refractivity (Wildman–Crippen MR) is 87.3 cm³/mol. The molecule has 0 aliphatic carbocycles. The summed E-state index contributed by atoms with van der Waals surface area (Å²) in [7, 11) is 0. The Hall–Kier alpha value is -1.84. The van der Waals surface area contributed by atoms with Crippen LogP contribution >= 0.6 is 0 Å². The first-order valence-electron chi connectivity index (χ1n) is 7.31. The third-order valence-corrected chi connectivity index (χ3v) is 3.69. The van der Waals surface area contributed by atoms with Gasteiger partial charge in [-0.1, -0.05) is 30.3 Å². The minimum absolute atomic E-state index is 0.0411. The summed E-state index contributed by atoms with van der Waals surface area (Å²) in [5, 5.41) is 0. The summed E-state index contributed by atoms with van der Waals surface area (Å²) in [5.41, 5.74) is 7.75. The number of benzene rings is 2. The molecule has 0 aromatic heterocycles. The van der Waals surface area contributed by atoms with Gasteiger partial charge in [-0.25, -0.2) is 5.43 Å². The van der Waals surface area contributed by atoms with Crippen LogP contribution in [-0.2, 0) is 0 Å². The van der Waals surface area contributed by atoms with Gasteiger partial charge in [0.1, 0.15) is 5.75 Å². The van der Waals surface area contributed by atoms with E-state index >= 15 is 0 Å². The molecule has 0 aliphatic heterocycles. The maximum absolute atomic E-state index is 5.82. The topological polar surface area (TPSA) is 47.3 Å². The maximum Gasteiger partial charge on any atom is 0.120 e. The second kappa shape index (κ2) is 6.74. The van der Waals surface area contributed by atoms with Crippen LogP contribution in [0.1, 0.15) is 42.1 Å². The highest BCUT2D eigenvalue weighted by Gasteiger charge is 2.16. The van der Waals surface area contributed by atoms with Gasteiger partial charge in [0.2, 0.25) is 0 Å². The number of nitrogens with two attached hydrogens (primary N) is 1. The number of nitrogens with one attached hydrogen (secondary N) is 1. The van der Waals surface area contributed by atoms with E-state index < -0.39 is 0 Å². The Balaban J connectivity index is 2.39. The molecular formula is C18H24N2O. The fourth-order valence-electron chi connectivity index (χ4n) is 2.49. The summed E-state index contributed by atoms with van der Waals surface area (Å²) in [6, 6.07) is 14.3. The van der Waals surface area contributed by atoms with E-state index in [9.17, 15) is 0 Å². The summed E-state index contributed by atoms with van der Waals surface area (Å²) >= 11 is 0. The summed E-state index contributed by atoms with van der Waals surface area (Å²) in [6.45, 7) is 8.29. The zero-order valence-corrected chi connectivity index (χ0v) is 13.2. The Labute approximate surface area is 127 Å². The Morgan fingerprint density at radius 3 is 2.43 bits per heavy atom. The van der Waals surface area contributed by atoms with Crippen molar-refractivity contribution in [2.45, 2.75) is 39.8 Å². The number of hydrazine groups is 1. The van der Waals surface area contributed by atoms with Crippen LogP contribution in [0.5, 0.6) is 5.75 Å². The number of aryl methyl sites for hydroxylation is 1. The monoisotopic (exact) mass is 284 g/mol. The molecule has 3 nitrogen and oxygen atoms in total. The zero-order valence-electron chi connectivity index (χ0n) is 13.2.